The van der Waals surface area contributed by atoms with E-state index in [1.54, 1.807) is 24.6 Å². The number of sulfone groups is 1. The third-order valence-corrected chi connectivity index (χ3v) is 4.29. The lowest BCUT2D eigenvalue weighted by Gasteiger charge is -2.09. The second kappa shape index (κ2) is 3.73. The molecule has 0 unspecified atom stereocenters. The van der Waals surface area contributed by atoms with Gasteiger partial charge in [-0.2, -0.15) is 0 Å². The third kappa shape index (κ3) is 1.68. The van der Waals surface area contributed by atoms with Crippen molar-refractivity contribution in [2.45, 2.75) is 44.6 Å². The van der Waals surface area contributed by atoms with E-state index in [1.165, 1.54) is 0 Å². The predicted molar refractivity (Wildman–Crippen MR) is 55.0 cm³/mol. The lowest BCUT2D eigenvalue weighted by Crippen LogP contribution is -2.19. The highest BCUT2D eigenvalue weighted by Crippen LogP contribution is 2.15. The molecule has 0 amide bonds. The van der Waals surface area contributed by atoms with Crippen LogP contribution in [-0.4, -0.2) is 23.2 Å². The van der Waals surface area contributed by atoms with Crippen molar-refractivity contribution in [3.05, 3.63) is 11.9 Å². The van der Waals surface area contributed by atoms with E-state index in [1.807, 2.05) is 13.8 Å². The van der Waals surface area contributed by atoms with Crippen LogP contribution in [0.25, 0.3) is 0 Å². The molecular weight excluding hydrogens is 200 g/mol. The zero-order valence-electron chi connectivity index (χ0n) is 8.98. The molecule has 0 N–H and O–H groups in total. The van der Waals surface area contributed by atoms with Crippen LogP contribution >= 0.6 is 0 Å². The summed E-state index contributed by atoms with van der Waals surface area (Å²) in [6.45, 7) is 7.73. The van der Waals surface area contributed by atoms with Crippen molar-refractivity contribution in [3.63, 3.8) is 0 Å². The molecule has 0 spiro atoms. The Balaban J connectivity index is 3.33. The Kier molecular flexibility index (Phi) is 2.99. The maximum atomic E-state index is 11.8. The number of aromatic nitrogens is 2. The van der Waals surface area contributed by atoms with Crippen LogP contribution in [0.15, 0.2) is 11.4 Å². The Morgan fingerprint density at radius 3 is 2.50 bits per heavy atom. The van der Waals surface area contributed by atoms with E-state index in [2.05, 4.69) is 4.98 Å². The van der Waals surface area contributed by atoms with E-state index < -0.39 is 15.1 Å². The first-order valence-electron chi connectivity index (χ1n) is 4.67. The van der Waals surface area contributed by atoms with Gasteiger partial charge in [0, 0.05) is 18.4 Å². The average molecular weight is 216 g/mol. The standard InChI is InChI=1S/C9H16N2O2S/c1-5-11-8(4)6-10-9(11)14(12,13)7(2)3/h6-7H,5H2,1-4H3. The van der Waals surface area contributed by atoms with Gasteiger partial charge in [0.15, 0.2) is 0 Å². The van der Waals surface area contributed by atoms with Crippen LogP contribution in [0.2, 0.25) is 0 Å². The zero-order valence-corrected chi connectivity index (χ0v) is 9.80. The third-order valence-electron chi connectivity index (χ3n) is 2.21. The highest BCUT2D eigenvalue weighted by Gasteiger charge is 2.24. The number of rotatable bonds is 3. The first kappa shape index (κ1) is 11.2. The molecule has 0 radical (unpaired) electrons. The van der Waals surface area contributed by atoms with Gasteiger partial charge in [-0.25, -0.2) is 13.4 Å². The maximum absolute atomic E-state index is 11.8. The first-order valence-corrected chi connectivity index (χ1v) is 6.22. The molecule has 1 rings (SSSR count). The monoisotopic (exact) mass is 216 g/mol. The maximum Gasteiger partial charge on any atom is 0.228 e. The fourth-order valence-electron chi connectivity index (χ4n) is 1.26. The quantitative estimate of drug-likeness (QED) is 0.767. The van der Waals surface area contributed by atoms with Gasteiger partial charge in [0.1, 0.15) is 0 Å². The van der Waals surface area contributed by atoms with Gasteiger partial charge in [-0.15, -0.1) is 0 Å². The summed E-state index contributed by atoms with van der Waals surface area (Å²) in [7, 11) is -3.25. The number of imidazole rings is 1. The van der Waals surface area contributed by atoms with Crippen molar-refractivity contribution in [1.82, 2.24) is 9.55 Å². The van der Waals surface area contributed by atoms with Gasteiger partial charge in [0.25, 0.3) is 0 Å². The topological polar surface area (TPSA) is 52.0 Å². The Morgan fingerprint density at radius 2 is 2.07 bits per heavy atom. The summed E-state index contributed by atoms with van der Waals surface area (Å²) in [5.74, 6) is 0. The summed E-state index contributed by atoms with van der Waals surface area (Å²) in [5.41, 5.74) is 0.881. The van der Waals surface area contributed by atoms with Gasteiger partial charge in [-0.3, -0.25) is 0 Å². The van der Waals surface area contributed by atoms with E-state index in [-0.39, 0.29) is 5.16 Å². The fourth-order valence-corrected chi connectivity index (χ4v) is 2.46. The van der Waals surface area contributed by atoms with Crippen molar-refractivity contribution >= 4 is 9.84 Å². The van der Waals surface area contributed by atoms with Gasteiger partial charge < -0.3 is 4.57 Å². The lowest BCUT2D eigenvalue weighted by atomic mass is 10.5. The molecular formula is C9H16N2O2S. The van der Waals surface area contributed by atoms with Gasteiger partial charge in [-0.1, -0.05) is 0 Å². The van der Waals surface area contributed by atoms with Crippen LogP contribution in [0.4, 0.5) is 0 Å². The van der Waals surface area contributed by atoms with Gasteiger partial charge in [0.05, 0.1) is 5.25 Å². The van der Waals surface area contributed by atoms with Crippen molar-refractivity contribution < 1.29 is 8.42 Å². The summed E-state index contributed by atoms with van der Waals surface area (Å²) < 4.78 is 25.4. The lowest BCUT2D eigenvalue weighted by molar-refractivity contribution is 0.557. The molecule has 1 heterocycles. The van der Waals surface area contributed by atoms with E-state index in [0.717, 1.165) is 5.69 Å². The van der Waals surface area contributed by atoms with E-state index in [0.29, 0.717) is 6.54 Å². The molecule has 0 aliphatic rings. The zero-order chi connectivity index (χ0) is 10.9. The summed E-state index contributed by atoms with van der Waals surface area (Å²) in [6.07, 6.45) is 1.60. The Bertz CT molecular complexity index is 418. The second-order valence-electron chi connectivity index (χ2n) is 3.52. The van der Waals surface area contributed by atoms with Crippen LogP contribution in [0.1, 0.15) is 26.5 Å². The van der Waals surface area contributed by atoms with E-state index >= 15 is 0 Å². The van der Waals surface area contributed by atoms with E-state index in [4.69, 9.17) is 0 Å². The summed E-state index contributed by atoms with van der Waals surface area (Å²) >= 11 is 0. The molecule has 0 aliphatic carbocycles. The fraction of sp³-hybridized carbons (Fsp3) is 0.667. The van der Waals surface area contributed by atoms with Crippen molar-refractivity contribution in [2.75, 3.05) is 0 Å². The smallest absolute Gasteiger partial charge is 0.228 e. The molecule has 1 aromatic rings. The highest BCUT2D eigenvalue weighted by molar-refractivity contribution is 7.91. The number of aryl methyl sites for hydroxylation is 1. The Morgan fingerprint density at radius 1 is 1.50 bits per heavy atom. The average Bonchev–Trinajstić information content (AvgIpc) is 2.46. The summed E-state index contributed by atoms with van der Waals surface area (Å²) in [6, 6.07) is 0. The predicted octanol–water partition coefficient (Wildman–Crippen LogP) is 1.39. The number of nitrogens with zero attached hydrogens (tertiary/aromatic N) is 2. The molecule has 14 heavy (non-hydrogen) atoms. The van der Waals surface area contributed by atoms with Gasteiger partial charge >= 0.3 is 0 Å². The van der Waals surface area contributed by atoms with Gasteiger partial charge in [0.2, 0.25) is 15.0 Å². The van der Waals surface area contributed by atoms with Crippen molar-refractivity contribution in [1.29, 1.82) is 0 Å². The summed E-state index contributed by atoms with van der Waals surface area (Å²) in [4.78, 5) is 3.95. The van der Waals surface area contributed by atoms with Crippen LogP contribution < -0.4 is 0 Å². The molecule has 0 saturated carbocycles. The first-order chi connectivity index (χ1) is 6.41. The number of hydrogen-bond donors (Lipinski definition) is 0. The van der Waals surface area contributed by atoms with Gasteiger partial charge in [-0.05, 0) is 27.7 Å². The minimum atomic E-state index is -3.25. The molecule has 0 saturated heterocycles. The molecule has 0 fully saturated rings. The molecule has 80 valence electrons. The largest absolute Gasteiger partial charge is 0.320 e. The Labute approximate surface area is 84.9 Å². The summed E-state index contributed by atoms with van der Waals surface area (Å²) in [5, 5.41) is -0.234. The minimum absolute atomic E-state index is 0.188. The van der Waals surface area contributed by atoms with E-state index in [9.17, 15) is 8.42 Å². The molecule has 0 bridgehead atoms. The van der Waals surface area contributed by atoms with Crippen LogP contribution in [0, 0.1) is 6.92 Å². The highest BCUT2D eigenvalue weighted by atomic mass is 32.2. The molecule has 0 aromatic carbocycles. The molecule has 1 aromatic heterocycles. The Hall–Kier alpha value is -0.840. The van der Waals surface area contributed by atoms with Crippen molar-refractivity contribution in [2.24, 2.45) is 0 Å². The van der Waals surface area contributed by atoms with Crippen LogP contribution in [0.5, 0.6) is 0 Å². The molecule has 5 heteroatoms. The minimum Gasteiger partial charge on any atom is -0.320 e. The number of hydrogen-bond acceptors (Lipinski definition) is 3. The van der Waals surface area contributed by atoms with Crippen LogP contribution in [-0.2, 0) is 16.4 Å². The molecule has 4 nitrogen and oxygen atoms in total. The molecule has 0 atom stereocenters. The van der Waals surface area contributed by atoms with Crippen molar-refractivity contribution in [3.8, 4) is 0 Å². The molecule has 0 aliphatic heterocycles. The van der Waals surface area contributed by atoms with Crippen LogP contribution in [0.3, 0.4) is 0 Å². The SMILES string of the molecule is CCn1c(C)cnc1S(=O)(=O)C(C)C. The second-order valence-corrected chi connectivity index (χ2v) is 5.92. The normalized spacial score (nSPS) is 12.4.